The first-order valence-corrected chi connectivity index (χ1v) is 8.08. The monoisotopic (exact) mass is 301 g/mol. The van der Waals surface area contributed by atoms with Crippen molar-refractivity contribution in [2.75, 3.05) is 13.1 Å². The van der Waals surface area contributed by atoms with Gasteiger partial charge in [-0.2, -0.15) is 0 Å². The predicted octanol–water partition coefficient (Wildman–Crippen LogP) is 1.18. The summed E-state index contributed by atoms with van der Waals surface area (Å²) in [6, 6.07) is 7.90. The van der Waals surface area contributed by atoms with Gasteiger partial charge in [-0.15, -0.1) is 0 Å². The Labute approximate surface area is 131 Å². The molecule has 0 bridgehead atoms. The Morgan fingerprint density at radius 1 is 1.23 bits per heavy atom. The Balaban J connectivity index is 1.57. The molecule has 2 heterocycles. The van der Waals surface area contributed by atoms with Crippen LogP contribution < -0.4 is 10.6 Å². The molecule has 0 aliphatic carbocycles. The molecule has 5 heteroatoms. The van der Waals surface area contributed by atoms with Gasteiger partial charge in [0, 0.05) is 19.5 Å². The standard InChI is InChI=1S/C17H23N3O2/c21-16-8-7-15(19-16)17(22)18-11-13-5-1-2-6-14(13)12-20-9-3-4-10-20/h1-2,5-6,15H,3-4,7-12H2,(H,18,22)(H,19,21). The maximum Gasteiger partial charge on any atom is 0.242 e. The minimum absolute atomic E-state index is 0.0328. The lowest BCUT2D eigenvalue weighted by Gasteiger charge is -2.18. The van der Waals surface area contributed by atoms with Gasteiger partial charge in [0.2, 0.25) is 11.8 Å². The molecule has 2 N–H and O–H groups in total. The number of likely N-dealkylation sites (tertiary alicyclic amines) is 1. The molecule has 3 rings (SSSR count). The van der Waals surface area contributed by atoms with Crippen LogP contribution >= 0.6 is 0 Å². The van der Waals surface area contributed by atoms with Gasteiger partial charge in [-0.1, -0.05) is 24.3 Å². The summed E-state index contributed by atoms with van der Waals surface area (Å²) in [5.41, 5.74) is 2.44. The van der Waals surface area contributed by atoms with E-state index < -0.39 is 0 Å². The molecule has 0 aromatic heterocycles. The van der Waals surface area contributed by atoms with Crippen LogP contribution in [-0.2, 0) is 22.7 Å². The molecule has 1 aromatic rings. The quantitative estimate of drug-likeness (QED) is 0.858. The molecular weight excluding hydrogens is 278 g/mol. The fourth-order valence-electron chi connectivity index (χ4n) is 3.18. The summed E-state index contributed by atoms with van der Waals surface area (Å²) in [4.78, 5) is 25.7. The summed E-state index contributed by atoms with van der Waals surface area (Å²) < 4.78 is 0. The third-order valence-corrected chi connectivity index (χ3v) is 4.48. The second-order valence-corrected chi connectivity index (χ2v) is 6.13. The Bertz CT molecular complexity index is 553. The normalized spacial score (nSPS) is 21.8. The fraction of sp³-hybridized carbons (Fsp3) is 0.529. The molecule has 1 unspecified atom stereocenters. The average Bonchev–Trinajstić information content (AvgIpc) is 3.18. The van der Waals surface area contributed by atoms with Gasteiger partial charge in [0.1, 0.15) is 6.04 Å². The summed E-state index contributed by atoms with van der Waals surface area (Å²) in [5, 5.41) is 5.66. The second-order valence-electron chi connectivity index (χ2n) is 6.13. The van der Waals surface area contributed by atoms with Crippen molar-refractivity contribution in [3.8, 4) is 0 Å². The van der Waals surface area contributed by atoms with Crippen LogP contribution in [0.3, 0.4) is 0 Å². The Kier molecular flexibility index (Phi) is 4.73. The molecule has 2 aliphatic heterocycles. The summed E-state index contributed by atoms with van der Waals surface area (Å²) in [7, 11) is 0. The lowest BCUT2D eigenvalue weighted by molar-refractivity contribution is -0.125. The van der Waals surface area contributed by atoms with Crippen molar-refractivity contribution in [3.05, 3.63) is 35.4 Å². The molecule has 2 saturated heterocycles. The van der Waals surface area contributed by atoms with E-state index in [-0.39, 0.29) is 17.9 Å². The summed E-state index contributed by atoms with van der Waals surface area (Å²) in [6.07, 6.45) is 3.60. The van der Waals surface area contributed by atoms with E-state index in [0.29, 0.717) is 19.4 Å². The maximum atomic E-state index is 12.1. The number of rotatable bonds is 5. The van der Waals surface area contributed by atoms with E-state index in [1.807, 2.05) is 12.1 Å². The van der Waals surface area contributed by atoms with Crippen molar-refractivity contribution in [2.45, 2.75) is 44.8 Å². The molecule has 1 atom stereocenters. The van der Waals surface area contributed by atoms with E-state index in [1.165, 1.54) is 18.4 Å². The van der Waals surface area contributed by atoms with Crippen LogP contribution in [0.2, 0.25) is 0 Å². The molecule has 2 amide bonds. The number of amides is 2. The van der Waals surface area contributed by atoms with Gasteiger partial charge in [0.15, 0.2) is 0 Å². The Hall–Kier alpha value is -1.88. The highest BCUT2D eigenvalue weighted by Crippen LogP contribution is 2.16. The molecule has 0 spiro atoms. The van der Waals surface area contributed by atoms with Crippen molar-refractivity contribution in [2.24, 2.45) is 0 Å². The molecule has 1 aromatic carbocycles. The number of hydrogen-bond donors (Lipinski definition) is 2. The molecule has 0 radical (unpaired) electrons. The minimum Gasteiger partial charge on any atom is -0.350 e. The van der Waals surface area contributed by atoms with E-state index >= 15 is 0 Å². The summed E-state index contributed by atoms with van der Waals surface area (Å²) in [6.45, 7) is 3.80. The molecule has 2 aliphatic rings. The van der Waals surface area contributed by atoms with E-state index in [2.05, 4.69) is 27.7 Å². The van der Waals surface area contributed by atoms with E-state index in [1.54, 1.807) is 0 Å². The van der Waals surface area contributed by atoms with Crippen LogP contribution in [0.4, 0.5) is 0 Å². The first-order valence-electron chi connectivity index (χ1n) is 8.08. The largest absolute Gasteiger partial charge is 0.350 e. The molecule has 22 heavy (non-hydrogen) atoms. The highest BCUT2D eigenvalue weighted by molar-refractivity contribution is 5.90. The molecule has 0 saturated carbocycles. The molecular formula is C17H23N3O2. The zero-order valence-electron chi connectivity index (χ0n) is 12.8. The smallest absolute Gasteiger partial charge is 0.242 e. The van der Waals surface area contributed by atoms with Gasteiger partial charge >= 0.3 is 0 Å². The van der Waals surface area contributed by atoms with Gasteiger partial charge in [-0.3, -0.25) is 14.5 Å². The van der Waals surface area contributed by atoms with Crippen LogP contribution in [0.15, 0.2) is 24.3 Å². The Morgan fingerprint density at radius 2 is 1.95 bits per heavy atom. The highest BCUT2D eigenvalue weighted by Gasteiger charge is 2.26. The second kappa shape index (κ2) is 6.92. The Morgan fingerprint density at radius 3 is 2.64 bits per heavy atom. The summed E-state index contributed by atoms with van der Waals surface area (Å²) in [5.74, 6) is -0.114. The first kappa shape index (κ1) is 15.0. The molecule has 5 nitrogen and oxygen atoms in total. The number of carbonyl (C=O) groups is 2. The highest BCUT2D eigenvalue weighted by atomic mass is 16.2. The van der Waals surface area contributed by atoms with Gasteiger partial charge in [-0.05, 0) is 43.5 Å². The van der Waals surface area contributed by atoms with Crippen LogP contribution in [0.1, 0.15) is 36.8 Å². The zero-order valence-corrected chi connectivity index (χ0v) is 12.8. The first-order chi connectivity index (χ1) is 10.7. The summed E-state index contributed by atoms with van der Waals surface area (Å²) >= 11 is 0. The van der Waals surface area contributed by atoms with Crippen LogP contribution in [-0.4, -0.2) is 35.8 Å². The number of nitrogens with one attached hydrogen (secondary N) is 2. The van der Waals surface area contributed by atoms with Crippen LogP contribution in [0.25, 0.3) is 0 Å². The van der Waals surface area contributed by atoms with Crippen molar-refractivity contribution in [3.63, 3.8) is 0 Å². The van der Waals surface area contributed by atoms with Crippen molar-refractivity contribution in [1.82, 2.24) is 15.5 Å². The lowest BCUT2D eigenvalue weighted by atomic mass is 10.1. The fourth-order valence-corrected chi connectivity index (χ4v) is 3.18. The zero-order chi connectivity index (χ0) is 15.4. The minimum atomic E-state index is -0.363. The van der Waals surface area contributed by atoms with Crippen molar-refractivity contribution in [1.29, 1.82) is 0 Å². The van der Waals surface area contributed by atoms with Gasteiger partial charge in [-0.25, -0.2) is 0 Å². The third kappa shape index (κ3) is 3.65. The van der Waals surface area contributed by atoms with Crippen molar-refractivity contribution < 1.29 is 9.59 Å². The lowest BCUT2D eigenvalue weighted by Crippen LogP contribution is -2.41. The van der Waals surface area contributed by atoms with Crippen LogP contribution in [0.5, 0.6) is 0 Å². The SMILES string of the molecule is O=C1CCC(C(=O)NCc2ccccc2CN2CCCC2)N1. The van der Waals surface area contributed by atoms with E-state index in [0.717, 1.165) is 25.2 Å². The third-order valence-electron chi connectivity index (χ3n) is 4.48. The predicted molar refractivity (Wildman–Crippen MR) is 84.0 cm³/mol. The van der Waals surface area contributed by atoms with Gasteiger partial charge in [0.05, 0.1) is 0 Å². The number of carbonyl (C=O) groups excluding carboxylic acids is 2. The topological polar surface area (TPSA) is 61.4 Å². The molecule has 2 fully saturated rings. The average molecular weight is 301 g/mol. The van der Waals surface area contributed by atoms with Gasteiger partial charge in [0.25, 0.3) is 0 Å². The number of hydrogen-bond acceptors (Lipinski definition) is 3. The molecule has 118 valence electrons. The van der Waals surface area contributed by atoms with Crippen LogP contribution in [0, 0.1) is 0 Å². The van der Waals surface area contributed by atoms with Crippen molar-refractivity contribution >= 4 is 11.8 Å². The van der Waals surface area contributed by atoms with E-state index in [4.69, 9.17) is 0 Å². The number of nitrogens with zero attached hydrogens (tertiary/aromatic N) is 1. The maximum absolute atomic E-state index is 12.1. The van der Waals surface area contributed by atoms with E-state index in [9.17, 15) is 9.59 Å². The number of benzene rings is 1. The van der Waals surface area contributed by atoms with Gasteiger partial charge < -0.3 is 10.6 Å².